The second-order valence-electron chi connectivity index (χ2n) is 7.07. The molecule has 2 fully saturated rings. The summed E-state index contributed by atoms with van der Waals surface area (Å²) in [6.45, 7) is 1.60. The highest BCUT2D eigenvalue weighted by molar-refractivity contribution is 7.91. The Balaban J connectivity index is 1.64. The molecule has 27 heavy (non-hydrogen) atoms. The zero-order chi connectivity index (χ0) is 19.7. The number of likely N-dealkylation sites (tertiary alicyclic amines) is 1. The van der Waals surface area contributed by atoms with Crippen LogP contribution in [-0.4, -0.2) is 67.0 Å². The molecule has 0 amide bonds. The molecule has 0 bridgehead atoms. The minimum Gasteiger partial charge on any atom is -0.372 e. The number of aromatic nitrogens is 2. The molecule has 3 rings (SSSR count). The standard InChI is InChI=1S/C16H24F3N5O2S/c1-20-14-13(16(17,18)19)9-21-15(23-14)22-11-3-2-6-24(10-11)12-4-7-27(25,26)8-5-12/h9,11-12H,2-8,10H2,1H3,(H2,20,21,22,23). The first kappa shape index (κ1) is 20.1. The van der Waals surface area contributed by atoms with Gasteiger partial charge in [-0.05, 0) is 32.2 Å². The summed E-state index contributed by atoms with van der Waals surface area (Å²) in [5, 5.41) is 5.60. The first-order valence-electron chi connectivity index (χ1n) is 9.01. The molecule has 1 atom stereocenters. The van der Waals surface area contributed by atoms with Gasteiger partial charge < -0.3 is 10.6 Å². The predicted octanol–water partition coefficient (Wildman–Crippen LogP) is 1.99. The van der Waals surface area contributed by atoms with Gasteiger partial charge >= 0.3 is 6.18 Å². The number of alkyl halides is 3. The van der Waals surface area contributed by atoms with Crippen molar-refractivity contribution >= 4 is 21.6 Å². The van der Waals surface area contributed by atoms with Crippen molar-refractivity contribution in [3.8, 4) is 0 Å². The number of piperidine rings is 1. The highest BCUT2D eigenvalue weighted by Gasteiger charge is 2.35. The highest BCUT2D eigenvalue weighted by Crippen LogP contribution is 2.33. The van der Waals surface area contributed by atoms with E-state index in [1.165, 1.54) is 7.05 Å². The lowest BCUT2D eigenvalue weighted by Crippen LogP contribution is -2.49. The minimum atomic E-state index is -4.51. The van der Waals surface area contributed by atoms with Gasteiger partial charge in [-0.1, -0.05) is 0 Å². The number of hydrogen-bond donors (Lipinski definition) is 2. The fourth-order valence-electron chi connectivity index (χ4n) is 3.73. The Kier molecular flexibility index (Phi) is 5.80. The summed E-state index contributed by atoms with van der Waals surface area (Å²) in [5.41, 5.74) is -0.899. The second-order valence-corrected chi connectivity index (χ2v) is 9.37. The van der Waals surface area contributed by atoms with Crippen LogP contribution in [0.3, 0.4) is 0 Å². The smallest absolute Gasteiger partial charge is 0.372 e. The second kappa shape index (κ2) is 7.78. The summed E-state index contributed by atoms with van der Waals surface area (Å²) >= 11 is 0. The van der Waals surface area contributed by atoms with E-state index in [0.717, 1.165) is 25.6 Å². The fraction of sp³-hybridized carbons (Fsp3) is 0.750. The molecule has 0 spiro atoms. The lowest BCUT2D eigenvalue weighted by atomic mass is 10.0. The van der Waals surface area contributed by atoms with Crippen molar-refractivity contribution in [1.29, 1.82) is 0 Å². The summed E-state index contributed by atoms with van der Waals surface area (Å²) in [6.07, 6.45) is -0.666. The zero-order valence-electron chi connectivity index (χ0n) is 15.1. The molecule has 11 heteroatoms. The van der Waals surface area contributed by atoms with E-state index < -0.39 is 21.6 Å². The number of rotatable bonds is 4. The van der Waals surface area contributed by atoms with Gasteiger partial charge in [-0.3, -0.25) is 4.90 Å². The molecule has 2 aliphatic heterocycles. The third-order valence-electron chi connectivity index (χ3n) is 5.16. The van der Waals surface area contributed by atoms with Crippen molar-refractivity contribution < 1.29 is 21.6 Å². The summed E-state index contributed by atoms with van der Waals surface area (Å²) < 4.78 is 62.1. The molecule has 1 unspecified atom stereocenters. The monoisotopic (exact) mass is 407 g/mol. The van der Waals surface area contributed by atoms with Gasteiger partial charge in [0.1, 0.15) is 21.2 Å². The molecule has 3 heterocycles. The Bertz CT molecular complexity index is 758. The maximum absolute atomic E-state index is 12.9. The Morgan fingerprint density at radius 1 is 1.22 bits per heavy atom. The Morgan fingerprint density at radius 2 is 1.93 bits per heavy atom. The van der Waals surface area contributed by atoms with E-state index in [-0.39, 0.29) is 35.4 Å². The van der Waals surface area contributed by atoms with E-state index in [1.54, 1.807) is 0 Å². The van der Waals surface area contributed by atoms with E-state index in [0.29, 0.717) is 19.4 Å². The van der Waals surface area contributed by atoms with Gasteiger partial charge in [0, 0.05) is 31.9 Å². The van der Waals surface area contributed by atoms with Crippen LogP contribution < -0.4 is 10.6 Å². The van der Waals surface area contributed by atoms with Crippen LogP contribution in [0.4, 0.5) is 24.9 Å². The number of halogens is 3. The molecular weight excluding hydrogens is 383 g/mol. The third-order valence-corrected chi connectivity index (χ3v) is 6.87. The summed E-state index contributed by atoms with van der Waals surface area (Å²) in [5.74, 6) is 0.343. The number of nitrogens with one attached hydrogen (secondary N) is 2. The average Bonchev–Trinajstić information content (AvgIpc) is 2.61. The van der Waals surface area contributed by atoms with Crippen LogP contribution in [0, 0.1) is 0 Å². The fourth-order valence-corrected chi connectivity index (χ4v) is 5.20. The maximum atomic E-state index is 12.9. The van der Waals surface area contributed by atoms with Crippen LogP contribution in [-0.2, 0) is 16.0 Å². The Labute approximate surface area is 156 Å². The van der Waals surface area contributed by atoms with Gasteiger partial charge in [0.05, 0.1) is 11.5 Å². The quantitative estimate of drug-likeness (QED) is 0.789. The van der Waals surface area contributed by atoms with Gasteiger partial charge in [0.2, 0.25) is 5.95 Å². The van der Waals surface area contributed by atoms with Crippen molar-refractivity contribution in [2.45, 2.75) is 43.9 Å². The van der Waals surface area contributed by atoms with Crippen LogP contribution in [0.1, 0.15) is 31.2 Å². The van der Waals surface area contributed by atoms with E-state index in [4.69, 9.17) is 0 Å². The average molecular weight is 407 g/mol. The maximum Gasteiger partial charge on any atom is 0.421 e. The molecule has 0 aliphatic carbocycles. The number of anilines is 2. The number of hydrogen-bond acceptors (Lipinski definition) is 7. The van der Waals surface area contributed by atoms with Crippen molar-refractivity contribution in [3.63, 3.8) is 0 Å². The van der Waals surface area contributed by atoms with E-state index >= 15 is 0 Å². The van der Waals surface area contributed by atoms with Gasteiger partial charge in [-0.15, -0.1) is 0 Å². The van der Waals surface area contributed by atoms with Crippen LogP contribution >= 0.6 is 0 Å². The van der Waals surface area contributed by atoms with Crippen molar-refractivity contribution in [2.24, 2.45) is 0 Å². The first-order valence-corrected chi connectivity index (χ1v) is 10.8. The summed E-state index contributed by atoms with van der Waals surface area (Å²) in [6, 6.07) is 0.248. The van der Waals surface area contributed by atoms with Gasteiger partial charge in [0.25, 0.3) is 0 Å². The molecule has 1 aromatic rings. The molecule has 2 N–H and O–H groups in total. The Hall–Kier alpha value is -1.62. The number of sulfone groups is 1. The van der Waals surface area contributed by atoms with E-state index in [1.807, 2.05) is 0 Å². The zero-order valence-corrected chi connectivity index (χ0v) is 15.9. The third kappa shape index (κ3) is 5.01. The van der Waals surface area contributed by atoms with Crippen molar-refractivity contribution in [3.05, 3.63) is 11.8 Å². The van der Waals surface area contributed by atoms with Gasteiger partial charge in [-0.2, -0.15) is 18.2 Å². The molecule has 2 saturated heterocycles. The molecule has 152 valence electrons. The highest BCUT2D eigenvalue weighted by atomic mass is 32.2. The molecule has 1 aromatic heterocycles. The van der Waals surface area contributed by atoms with Crippen molar-refractivity contribution in [2.75, 3.05) is 42.3 Å². The molecule has 7 nitrogen and oxygen atoms in total. The summed E-state index contributed by atoms with van der Waals surface area (Å²) in [4.78, 5) is 10.1. The van der Waals surface area contributed by atoms with E-state index in [9.17, 15) is 21.6 Å². The minimum absolute atomic E-state index is 0.0127. The van der Waals surface area contributed by atoms with Gasteiger partial charge in [0.15, 0.2) is 0 Å². The van der Waals surface area contributed by atoms with Crippen LogP contribution in [0.15, 0.2) is 6.20 Å². The van der Waals surface area contributed by atoms with Crippen molar-refractivity contribution in [1.82, 2.24) is 14.9 Å². The lowest BCUT2D eigenvalue weighted by Gasteiger charge is -2.40. The topological polar surface area (TPSA) is 87.2 Å². The molecular formula is C16H24F3N5O2S. The van der Waals surface area contributed by atoms with Crippen LogP contribution in [0.25, 0.3) is 0 Å². The summed E-state index contributed by atoms with van der Waals surface area (Å²) in [7, 11) is -1.51. The van der Waals surface area contributed by atoms with Crippen LogP contribution in [0.2, 0.25) is 0 Å². The number of nitrogens with zero attached hydrogens (tertiary/aromatic N) is 3. The molecule has 0 radical (unpaired) electrons. The SMILES string of the molecule is CNc1nc(NC2CCCN(C3CCS(=O)(=O)CC3)C2)ncc1C(F)(F)F. The molecule has 2 aliphatic rings. The van der Waals surface area contributed by atoms with E-state index in [2.05, 4.69) is 25.5 Å². The normalized spacial score (nSPS) is 24.5. The van der Waals surface area contributed by atoms with Crippen LogP contribution in [0.5, 0.6) is 0 Å². The molecule has 0 saturated carbocycles. The lowest BCUT2D eigenvalue weighted by molar-refractivity contribution is -0.137. The van der Waals surface area contributed by atoms with Gasteiger partial charge in [-0.25, -0.2) is 13.4 Å². The Morgan fingerprint density at radius 3 is 2.56 bits per heavy atom. The largest absolute Gasteiger partial charge is 0.421 e. The predicted molar refractivity (Wildman–Crippen MR) is 96.5 cm³/mol. The molecule has 0 aromatic carbocycles. The first-order chi connectivity index (χ1) is 12.7.